The van der Waals surface area contributed by atoms with Crippen LogP contribution in [-0.4, -0.2) is 26.8 Å². The first-order valence-electron chi connectivity index (χ1n) is 7.96. The maximum atomic E-state index is 5.14. The number of rotatable bonds is 7. The molecule has 1 aromatic carbocycles. The molecule has 0 saturated heterocycles. The van der Waals surface area contributed by atoms with Crippen LogP contribution < -0.4 is 5.32 Å². The van der Waals surface area contributed by atoms with Crippen LogP contribution in [0, 0.1) is 24.2 Å². The molecule has 2 fully saturated rings. The van der Waals surface area contributed by atoms with Crippen molar-refractivity contribution in [3.8, 4) is 0 Å². The SMILES string of the molecule is COCCNCC1(Cc2ccc(C)cc2)CC2CC2C1. The molecule has 0 bridgehead atoms. The summed E-state index contributed by atoms with van der Waals surface area (Å²) in [6.45, 7) is 5.10. The summed E-state index contributed by atoms with van der Waals surface area (Å²) in [5.41, 5.74) is 3.36. The molecule has 110 valence electrons. The maximum Gasteiger partial charge on any atom is 0.0587 e. The fourth-order valence-corrected chi connectivity index (χ4v) is 4.02. The lowest BCUT2D eigenvalue weighted by molar-refractivity contribution is 0.186. The third-order valence-corrected chi connectivity index (χ3v) is 5.14. The van der Waals surface area contributed by atoms with Gasteiger partial charge in [0.15, 0.2) is 0 Å². The molecule has 1 N–H and O–H groups in total. The van der Waals surface area contributed by atoms with Crippen LogP contribution >= 0.6 is 0 Å². The average molecular weight is 273 g/mol. The second-order valence-electron chi connectivity index (χ2n) is 7.00. The highest BCUT2D eigenvalue weighted by molar-refractivity contribution is 5.23. The predicted octanol–water partition coefficient (Wildman–Crippen LogP) is 3.19. The molecule has 2 heteroatoms. The first-order chi connectivity index (χ1) is 9.71. The number of aryl methyl sites for hydroxylation is 1. The van der Waals surface area contributed by atoms with Gasteiger partial charge in [0.05, 0.1) is 6.61 Å². The average Bonchev–Trinajstić information content (AvgIpc) is 3.06. The minimum absolute atomic E-state index is 0.497. The molecule has 2 aliphatic carbocycles. The van der Waals surface area contributed by atoms with Gasteiger partial charge in [0, 0.05) is 20.2 Å². The van der Waals surface area contributed by atoms with Crippen LogP contribution in [0.25, 0.3) is 0 Å². The maximum absolute atomic E-state index is 5.14. The molecule has 2 nitrogen and oxygen atoms in total. The minimum Gasteiger partial charge on any atom is -0.383 e. The van der Waals surface area contributed by atoms with E-state index >= 15 is 0 Å². The highest BCUT2D eigenvalue weighted by atomic mass is 16.5. The minimum atomic E-state index is 0.497. The Morgan fingerprint density at radius 3 is 2.55 bits per heavy atom. The van der Waals surface area contributed by atoms with Crippen LogP contribution in [0.3, 0.4) is 0 Å². The summed E-state index contributed by atoms with van der Waals surface area (Å²) in [4.78, 5) is 0. The molecule has 0 amide bonds. The molecule has 2 saturated carbocycles. The summed E-state index contributed by atoms with van der Waals surface area (Å²) in [5.74, 6) is 2.06. The van der Waals surface area contributed by atoms with Crippen molar-refractivity contribution in [2.75, 3.05) is 26.8 Å². The fourth-order valence-electron chi connectivity index (χ4n) is 4.02. The van der Waals surface area contributed by atoms with Gasteiger partial charge in [0.25, 0.3) is 0 Å². The first kappa shape index (κ1) is 14.1. The van der Waals surface area contributed by atoms with Crippen LogP contribution in [0.15, 0.2) is 24.3 Å². The van der Waals surface area contributed by atoms with Crippen molar-refractivity contribution in [2.45, 2.75) is 32.6 Å². The smallest absolute Gasteiger partial charge is 0.0587 e. The van der Waals surface area contributed by atoms with Gasteiger partial charge < -0.3 is 10.1 Å². The zero-order chi connectivity index (χ0) is 14.0. The first-order valence-corrected chi connectivity index (χ1v) is 7.96. The fraction of sp³-hybridized carbons (Fsp3) is 0.667. The van der Waals surface area contributed by atoms with Crippen molar-refractivity contribution < 1.29 is 4.74 Å². The van der Waals surface area contributed by atoms with Crippen molar-refractivity contribution in [3.05, 3.63) is 35.4 Å². The molecule has 20 heavy (non-hydrogen) atoms. The Morgan fingerprint density at radius 2 is 1.90 bits per heavy atom. The number of nitrogens with one attached hydrogen (secondary N) is 1. The van der Waals surface area contributed by atoms with E-state index in [0.717, 1.165) is 31.5 Å². The Labute approximate surface area is 122 Å². The van der Waals surface area contributed by atoms with Crippen LogP contribution in [0.4, 0.5) is 0 Å². The Kier molecular flexibility index (Phi) is 4.13. The van der Waals surface area contributed by atoms with E-state index in [9.17, 15) is 0 Å². The quantitative estimate of drug-likeness (QED) is 0.770. The second-order valence-corrected chi connectivity index (χ2v) is 7.00. The highest BCUT2D eigenvalue weighted by Gasteiger charge is 2.53. The lowest BCUT2D eigenvalue weighted by Crippen LogP contribution is -2.36. The van der Waals surface area contributed by atoms with E-state index < -0.39 is 0 Å². The zero-order valence-electron chi connectivity index (χ0n) is 12.8. The van der Waals surface area contributed by atoms with Crippen molar-refractivity contribution in [1.82, 2.24) is 5.32 Å². The van der Waals surface area contributed by atoms with Crippen molar-refractivity contribution in [2.24, 2.45) is 17.3 Å². The summed E-state index contributed by atoms with van der Waals surface area (Å²) in [6.07, 6.45) is 5.57. The lowest BCUT2D eigenvalue weighted by Gasteiger charge is -2.31. The summed E-state index contributed by atoms with van der Waals surface area (Å²) >= 11 is 0. The Hall–Kier alpha value is -0.860. The van der Waals surface area contributed by atoms with E-state index in [0.29, 0.717) is 5.41 Å². The van der Waals surface area contributed by atoms with Crippen LogP contribution in [0.1, 0.15) is 30.4 Å². The topological polar surface area (TPSA) is 21.3 Å². The van der Waals surface area contributed by atoms with Crippen molar-refractivity contribution in [1.29, 1.82) is 0 Å². The summed E-state index contributed by atoms with van der Waals surface area (Å²) in [7, 11) is 1.77. The van der Waals surface area contributed by atoms with Gasteiger partial charge >= 0.3 is 0 Å². The number of methoxy groups -OCH3 is 1. The Balaban J connectivity index is 1.62. The molecule has 0 aromatic heterocycles. The molecule has 2 unspecified atom stereocenters. The summed E-state index contributed by atoms with van der Waals surface area (Å²) in [5, 5.41) is 3.62. The lowest BCUT2D eigenvalue weighted by atomic mass is 9.77. The van der Waals surface area contributed by atoms with E-state index in [1.165, 1.54) is 36.8 Å². The zero-order valence-corrected chi connectivity index (χ0v) is 12.8. The van der Waals surface area contributed by atoms with Crippen molar-refractivity contribution in [3.63, 3.8) is 0 Å². The standard InChI is InChI=1S/C18H27NO/c1-14-3-5-15(6-4-14)10-18(13-19-7-8-20-2)11-16-9-17(16)12-18/h3-6,16-17,19H,7-13H2,1-2H3. The number of hydrogen-bond donors (Lipinski definition) is 1. The number of fused-ring (bicyclic) bond motifs is 1. The molecule has 0 heterocycles. The number of ether oxygens (including phenoxy) is 1. The van der Waals surface area contributed by atoms with E-state index in [2.05, 4.69) is 36.5 Å². The van der Waals surface area contributed by atoms with Gasteiger partial charge in [0.2, 0.25) is 0 Å². The molecule has 0 radical (unpaired) electrons. The third kappa shape index (κ3) is 3.24. The predicted molar refractivity (Wildman–Crippen MR) is 82.9 cm³/mol. The van der Waals surface area contributed by atoms with Gasteiger partial charge in [0.1, 0.15) is 0 Å². The summed E-state index contributed by atoms with van der Waals surface area (Å²) in [6, 6.07) is 9.13. The van der Waals surface area contributed by atoms with E-state index in [1.54, 1.807) is 7.11 Å². The number of hydrogen-bond acceptors (Lipinski definition) is 2. The van der Waals surface area contributed by atoms with Gasteiger partial charge in [-0.3, -0.25) is 0 Å². The molecule has 0 aliphatic heterocycles. The third-order valence-electron chi connectivity index (χ3n) is 5.14. The van der Waals surface area contributed by atoms with Crippen LogP contribution in [0.2, 0.25) is 0 Å². The molecular formula is C18H27NO. The molecule has 3 rings (SSSR count). The molecule has 2 atom stereocenters. The van der Waals surface area contributed by atoms with Crippen molar-refractivity contribution >= 4 is 0 Å². The van der Waals surface area contributed by atoms with Gasteiger partial charge in [-0.05, 0) is 55.4 Å². The van der Waals surface area contributed by atoms with Gasteiger partial charge in [-0.2, -0.15) is 0 Å². The molecule has 0 spiro atoms. The highest BCUT2D eigenvalue weighted by Crippen LogP contribution is 2.60. The van der Waals surface area contributed by atoms with Crippen LogP contribution in [0.5, 0.6) is 0 Å². The largest absolute Gasteiger partial charge is 0.383 e. The molecular weight excluding hydrogens is 246 g/mol. The van der Waals surface area contributed by atoms with Crippen LogP contribution in [-0.2, 0) is 11.2 Å². The Bertz CT molecular complexity index is 429. The summed E-state index contributed by atoms with van der Waals surface area (Å²) < 4.78 is 5.14. The number of benzene rings is 1. The normalized spacial score (nSPS) is 31.3. The van der Waals surface area contributed by atoms with Gasteiger partial charge in [-0.15, -0.1) is 0 Å². The van der Waals surface area contributed by atoms with Gasteiger partial charge in [-0.25, -0.2) is 0 Å². The molecule has 2 aliphatic rings. The van der Waals surface area contributed by atoms with Gasteiger partial charge in [-0.1, -0.05) is 29.8 Å². The second kappa shape index (κ2) is 5.87. The van der Waals surface area contributed by atoms with E-state index in [4.69, 9.17) is 4.74 Å². The van der Waals surface area contributed by atoms with E-state index in [-0.39, 0.29) is 0 Å². The molecule has 1 aromatic rings. The monoisotopic (exact) mass is 273 g/mol. The van der Waals surface area contributed by atoms with E-state index in [1.807, 2.05) is 0 Å². The Morgan fingerprint density at radius 1 is 1.20 bits per heavy atom.